The molecule has 0 aliphatic heterocycles. The largest absolute Gasteiger partial charge is 0.489 e. The van der Waals surface area contributed by atoms with Gasteiger partial charge in [-0.1, -0.05) is 78.9 Å². The van der Waals surface area contributed by atoms with Crippen molar-refractivity contribution in [3.8, 4) is 5.75 Å². The highest BCUT2D eigenvalue weighted by Gasteiger charge is 2.15. The summed E-state index contributed by atoms with van der Waals surface area (Å²) in [5.74, 6) is -0.0521. The van der Waals surface area contributed by atoms with E-state index in [0.717, 1.165) is 21.7 Å². The topological polar surface area (TPSA) is 96.5 Å². The van der Waals surface area contributed by atoms with Crippen molar-refractivity contribution >= 4 is 46.9 Å². The third-order valence-electron chi connectivity index (χ3n) is 6.87. The highest BCUT2D eigenvalue weighted by molar-refractivity contribution is 8.00. The Morgan fingerprint density at radius 3 is 2.07 bits per heavy atom. The fraction of sp³-hybridized carbons (Fsp3) is 0.0789. The van der Waals surface area contributed by atoms with Crippen LogP contribution in [0.4, 0.5) is 11.4 Å². The summed E-state index contributed by atoms with van der Waals surface area (Å²) in [5, 5.41) is 8.56. The van der Waals surface area contributed by atoms with Crippen molar-refractivity contribution in [2.45, 2.75) is 18.4 Å². The minimum Gasteiger partial charge on any atom is -0.489 e. The molecule has 5 aromatic carbocycles. The fourth-order valence-corrected chi connectivity index (χ4v) is 5.09. The van der Waals surface area contributed by atoms with Crippen LogP contribution >= 0.6 is 11.8 Å². The minimum absolute atomic E-state index is 0.0816. The number of anilines is 2. The summed E-state index contributed by atoms with van der Waals surface area (Å²) < 4.78 is 5.88. The van der Waals surface area contributed by atoms with Crippen LogP contribution in [0, 0.1) is 6.92 Å². The Morgan fingerprint density at radius 2 is 1.37 bits per heavy atom. The highest BCUT2D eigenvalue weighted by atomic mass is 32.2. The molecule has 0 atom stereocenters. The predicted octanol–water partition coefficient (Wildman–Crippen LogP) is 7.71. The number of aryl methyl sites for hydroxylation is 1. The Bertz CT molecular complexity index is 1810. The summed E-state index contributed by atoms with van der Waals surface area (Å²) in [6, 6.07) is 40.7. The molecule has 0 bridgehead atoms. The smallest absolute Gasteiger partial charge is 0.272 e. The molecule has 3 N–H and O–H groups in total. The first kappa shape index (κ1) is 31.8. The lowest BCUT2D eigenvalue weighted by molar-refractivity contribution is -0.114. The maximum absolute atomic E-state index is 13.4. The summed E-state index contributed by atoms with van der Waals surface area (Å²) in [7, 11) is 0. The van der Waals surface area contributed by atoms with Gasteiger partial charge in [-0.2, -0.15) is 0 Å². The summed E-state index contributed by atoms with van der Waals surface area (Å²) in [6.07, 6.45) is 1.62. The van der Waals surface area contributed by atoms with Gasteiger partial charge < -0.3 is 20.7 Å². The molecule has 7 nitrogen and oxygen atoms in total. The minimum atomic E-state index is -0.480. The first-order chi connectivity index (χ1) is 22.4. The van der Waals surface area contributed by atoms with E-state index in [2.05, 4.69) is 16.0 Å². The van der Waals surface area contributed by atoms with Crippen molar-refractivity contribution in [2.75, 3.05) is 16.4 Å². The number of carbonyl (C=O) groups is 3. The van der Waals surface area contributed by atoms with Crippen molar-refractivity contribution in [3.05, 3.63) is 161 Å². The first-order valence-corrected chi connectivity index (χ1v) is 15.7. The second-order valence-corrected chi connectivity index (χ2v) is 11.4. The molecule has 0 radical (unpaired) electrons. The molecular weight excluding hydrogens is 595 g/mol. The van der Waals surface area contributed by atoms with Crippen molar-refractivity contribution < 1.29 is 19.1 Å². The zero-order chi connectivity index (χ0) is 32.1. The molecule has 3 amide bonds. The Kier molecular flexibility index (Phi) is 11.0. The van der Waals surface area contributed by atoms with Gasteiger partial charge in [-0.25, -0.2) is 0 Å². The molecule has 0 aliphatic carbocycles. The van der Waals surface area contributed by atoms with Crippen LogP contribution < -0.4 is 20.7 Å². The van der Waals surface area contributed by atoms with Gasteiger partial charge in [0.2, 0.25) is 5.91 Å². The van der Waals surface area contributed by atoms with E-state index in [1.165, 1.54) is 11.8 Å². The van der Waals surface area contributed by atoms with Gasteiger partial charge in [-0.05, 0) is 84.3 Å². The summed E-state index contributed by atoms with van der Waals surface area (Å²) in [4.78, 5) is 39.7. The van der Waals surface area contributed by atoms with E-state index in [9.17, 15) is 14.4 Å². The Labute approximate surface area is 272 Å². The first-order valence-electron chi connectivity index (χ1n) is 14.7. The number of rotatable bonds is 12. The average Bonchev–Trinajstić information content (AvgIpc) is 3.09. The second-order valence-electron chi connectivity index (χ2n) is 10.4. The van der Waals surface area contributed by atoms with E-state index >= 15 is 0 Å². The zero-order valence-corrected chi connectivity index (χ0v) is 26.1. The quantitative estimate of drug-likeness (QED) is 0.0973. The maximum Gasteiger partial charge on any atom is 0.272 e. The zero-order valence-electron chi connectivity index (χ0n) is 25.2. The number of thioether (sulfide) groups is 1. The van der Waals surface area contributed by atoms with Crippen LogP contribution in [0.25, 0.3) is 6.08 Å². The van der Waals surface area contributed by atoms with Crippen LogP contribution in [-0.2, 0) is 16.2 Å². The lowest BCUT2D eigenvalue weighted by Crippen LogP contribution is -2.30. The van der Waals surface area contributed by atoms with Gasteiger partial charge in [0.15, 0.2) is 0 Å². The predicted molar refractivity (Wildman–Crippen MR) is 185 cm³/mol. The van der Waals surface area contributed by atoms with E-state index in [1.54, 1.807) is 42.5 Å². The number of benzene rings is 5. The number of hydrogen-bond acceptors (Lipinski definition) is 5. The normalized spacial score (nSPS) is 10.9. The van der Waals surface area contributed by atoms with E-state index < -0.39 is 11.8 Å². The number of para-hydroxylation sites is 1. The molecule has 0 heterocycles. The van der Waals surface area contributed by atoms with Gasteiger partial charge in [-0.3, -0.25) is 14.4 Å². The molecule has 230 valence electrons. The average molecular weight is 628 g/mol. The molecule has 0 saturated carbocycles. The van der Waals surface area contributed by atoms with Gasteiger partial charge in [0, 0.05) is 21.8 Å². The summed E-state index contributed by atoms with van der Waals surface area (Å²) >= 11 is 1.40. The van der Waals surface area contributed by atoms with Crippen molar-refractivity contribution in [3.63, 3.8) is 0 Å². The molecule has 0 aliphatic rings. The van der Waals surface area contributed by atoms with Gasteiger partial charge in [0.25, 0.3) is 11.8 Å². The van der Waals surface area contributed by atoms with Gasteiger partial charge >= 0.3 is 0 Å². The number of hydrogen-bond donors (Lipinski definition) is 3. The molecule has 0 aromatic heterocycles. The number of nitrogens with one attached hydrogen (secondary N) is 3. The van der Waals surface area contributed by atoms with E-state index in [0.29, 0.717) is 29.2 Å². The van der Waals surface area contributed by atoms with Crippen LogP contribution in [-0.4, -0.2) is 23.5 Å². The Balaban J connectivity index is 1.23. The molecule has 0 spiro atoms. The van der Waals surface area contributed by atoms with Crippen LogP contribution in [0.2, 0.25) is 0 Å². The van der Waals surface area contributed by atoms with Crippen molar-refractivity contribution in [1.29, 1.82) is 0 Å². The maximum atomic E-state index is 13.4. The molecule has 0 unspecified atom stereocenters. The summed E-state index contributed by atoms with van der Waals surface area (Å²) in [5.41, 5.74) is 4.62. The molecular formula is C38H33N3O4S. The molecule has 5 aromatic rings. The third kappa shape index (κ3) is 9.45. The highest BCUT2D eigenvalue weighted by Crippen LogP contribution is 2.22. The Morgan fingerprint density at radius 1 is 0.717 bits per heavy atom. The van der Waals surface area contributed by atoms with Gasteiger partial charge in [-0.15, -0.1) is 11.8 Å². The van der Waals surface area contributed by atoms with E-state index in [4.69, 9.17) is 4.74 Å². The lowest BCUT2D eigenvalue weighted by atomic mass is 10.1. The molecule has 8 heteroatoms. The standard InChI is InChI=1S/C38H33N3O4S/c1-27-10-8-9-15-34(27)40-36(42)26-46-33-22-18-31(19-23-33)39-38(44)35(41-37(43)30-13-6-3-7-14-30)24-28-16-20-32(21-17-28)45-25-29-11-4-2-5-12-29/h2-24H,25-26H2,1H3,(H,39,44)(H,40,42)(H,41,43)/b35-24-. The molecule has 0 fully saturated rings. The second kappa shape index (κ2) is 15.9. The van der Waals surface area contributed by atoms with Gasteiger partial charge in [0.1, 0.15) is 18.1 Å². The number of carbonyl (C=O) groups excluding carboxylic acids is 3. The number of amides is 3. The van der Waals surface area contributed by atoms with Crippen LogP contribution in [0.3, 0.4) is 0 Å². The monoisotopic (exact) mass is 627 g/mol. The van der Waals surface area contributed by atoms with Crippen molar-refractivity contribution in [2.24, 2.45) is 0 Å². The molecule has 46 heavy (non-hydrogen) atoms. The lowest BCUT2D eigenvalue weighted by Gasteiger charge is -2.12. The van der Waals surface area contributed by atoms with Crippen molar-refractivity contribution in [1.82, 2.24) is 5.32 Å². The Hall–Kier alpha value is -5.60. The number of ether oxygens (including phenoxy) is 1. The third-order valence-corrected chi connectivity index (χ3v) is 7.88. The molecule has 0 saturated heterocycles. The van der Waals surface area contributed by atoms with Crippen LogP contribution in [0.1, 0.15) is 27.0 Å². The van der Waals surface area contributed by atoms with Crippen LogP contribution in [0.5, 0.6) is 5.75 Å². The van der Waals surface area contributed by atoms with Crippen LogP contribution in [0.15, 0.2) is 144 Å². The SMILES string of the molecule is Cc1ccccc1NC(=O)CSc1ccc(NC(=O)/C(=C/c2ccc(OCc3ccccc3)cc2)NC(=O)c2ccccc2)cc1. The molecule has 5 rings (SSSR count). The van der Waals surface area contributed by atoms with Gasteiger partial charge in [0.05, 0.1) is 5.75 Å². The van der Waals surface area contributed by atoms with E-state index in [1.807, 2.05) is 104 Å². The fourth-order valence-electron chi connectivity index (χ4n) is 4.39. The van der Waals surface area contributed by atoms with E-state index in [-0.39, 0.29) is 17.4 Å². The summed E-state index contributed by atoms with van der Waals surface area (Å²) in [6.45, 7) is 2.39.